The molecule has 0 spiro atoms. The zero-order chi connectivity index (χ0) is 16.4. The third-order valence-electron chi connectivity index (χ3n) is 5.29. The Balaban J connectivity index is 1.34. The molecule has 5 heteroatoms. The quantitative estimate of drug-likeness (QED) is 0.797. The second-order valence-electron chi connectivity index (χ2n) is 6.87. The summed E-state index contributed by atoms with van der Waals surface area (Å²) in [7, 11) is 0. The maximum Gasteiger partial charge on any atom is 0.125 e. The van der Waals surface area contributed by atoms with Crippen LogP contribution in [0.5, 0.6) is 0 Å². The highest BCUT2D eigenvalue weighted by Crippen LogP contribution is 2.30. The minimum Gasteiger partial charge on any atom is -0.298 e. The van der Waals surface area contributed by atoms with Crippen molar-refractivity contribution >= 4 is 22.9 Å². The molecule has 128 valence electrons. The molecule has 0 atom stereocenters. The van der Waals surface area contributed by atoms with Crippen LogP contribution in [-0.4, -0.2) is 47.0 Å². The normalized spacial score (nSPS) is 20.7. The molecule has 2 heterocycles. The van der Waals surface area contributed by atoms with Gasteiger partial charge >= 0.3 is 0 Å². The van der Waals surface area contributed by atoms with Crippen molar-refractivity contribution in [2.75, 3.05) is 26.2 Å². The third-order valence-corrected chi connectivity index (χ3v) is 6.54. The van der Waals surface area contributed by atoms with E-state index in [1.807, 2.05) is 24.3 Å². The number of nitrogens with zero attached hydrogens (tertiary/aromatic N) is 3. The Bertz CT molecular complexity index is 673. The van der Waals surface area contributed by atoms with Gasteiger partial charge in [0.2, 0.25) is 0 Å². The molecule has 1 saturated heterocycles. The molecule has 4 rings (SSSR count). The summed E-state index contributed by atoms with van der Waals surface area (Å²) in [5.41, 5.74) is 2.21. The Kier molecular flexibility index (Phi) is 5.18. The van der Waals surface area contributed by atoms with Gasteiger partial charge in [0.15, 0.2) is 0 Å². The molecule has 1 aliphatic heterocycles. The van der Waals surface area contributed by atoms with Gasteiger partial charge in [0.1, 0.15) is 5.01 Å². The van der Waals surface area contributed by atoms with Gasteiger partial charge < -0.3 is 0 Å². The highest BCUT2D eigenvalue weighted by Gasteiger charge is 2.26. The lowest BCUT2D eigenvalue weighted by atomic mass is 10.2. The zero-order valence-corrected chi connectivity index (χ0v) is 15.5. The number of halogens is 1. The minimum atomic E-state index is 0.781. The molecule has 3 nitrogen and oxygen atoms in total. The fraction of sp³-hybridized carbons (Fsp3) is 0.526. The first-order valence-electron chi connectivity index (χ1n) is 8.95. The fourth-order valence-corrected chi connectivity index (χ4v) is 5.05. The molecule has 0 amide bonds. The Morgan fingerprint density at radius 2 is 1.83 bits per heavy atom. The van der Waals surface area contributed by atoms with E-state index in [1.165, 1.54) is 44.5 Å². The monoisotopic (exact) mass is 361 g/mol. The van der Waals surface area contributed by atoms with Crippen molar-refractivity contribution in [3.63, 3.8) is 0 Å². The van der Waals surface area contributed by atoms with Crippen LogP contribution in [0, 0.1) is 0 Å². The van der Waals surface area contributed by atoms with Gasteiger partial charge in [-0.25, -0.2) is 4.98 Å². The van der Waals surface area contributed by atoms with Crippen LogP contribution < -0.4 is 0 Å². The zero-order valence-electron chi connectivity index (χ0n) is 14.0. The van der Waals surface area contributed by atoms with E-state index in [0.29, 0.717) is 0 Å². The maximum absolute atomic E-state index is 6.29. The predicted molar refractivity (Wildman–Crippen MR) is 102 cm³/mol. The molecule has 24 heavy (non-hydrogen) atoms. The summed E-state index contributed by atoms with van der Waals surface area (Å²) in [5, 5.41) is 3.99. The van der Waals surface area contributed by atoms with Crippen LogP contribution in [0.3, 0.4) is 0 Å². The van der Waals surface area contributed by atoms with Crippen LogP contribution in [-0.2, 0) is 6.54 Å². The van der Waals surface area contributed by atoms with Gasteiger partial charge in [0.25, 0.3) is 0 Å². The van der Waals surface area contributed by atoms with Crippen LogP contribution in [0.15, 0.2) is 29.6 Å². The van der Waals surface area contributed by atoms with Gasteiger partial charge in [-0.2, -0.15) is 0 Å². The van der Waals surface area contributed by atoms with Gasteiger partial charge in [-0.05, 0) is 18.9 Å². The standard InChI is InChI=1S/C19H24ClN3S/c20-18-8-4-3-7-17(18)19-21-15(14-24-19)13-22-9-11-23(12-10-22)16-5-1-2-6-16/h3-4,7-8,14,16H,1-2,5-6,9-13H2. The van der Waals surface area contributed by atoms with Crippen molar-refractivity contribution in [1.82, 2.24) is 14.8 Å². The number of hydrogen-bond acceptors (Lipinski definition) is 4. The molecule has 2 fully saturated rings. The molecular formula is C19H24ClN3S. The second-order valence-corrected chi connectivity index (χ2v) is 8.14. The van der Waals surface area contributed by atoms with E-state index >= 15 is 0 Å². The van der Waals surface area contributed by atoms with Crippen LogP contribution >= 0.6 is 22.9 Å². The minimum absolute atomic E-state index is 0.781. The maximum atomic E-state index is 6.29. The van der Waals surface area contributed by atoms with Gasteiger partial charge in [0, 0.05) is 49.7 Å². The molecule has 1 aromatic carbocycles. The highest BCUT2D eigenvalue weighted by molar-refractivity contribution is 7.13. The lowest BCUT2D eigenvalue weighted by molar-refractivity contribution is 0.0931. The first-order valence-corrected chi connectivity index (χ1v) is 10.2. The Labute approximate surface area is 153 Å². The van der Waals surface area contributed by atoms with E-state index in [4.69, 9.17) is 16.6 Å². The van der Waals surface area contributed by atoms with Crippen molar-refractivity contribution in [1.29, 1.82) is 0 Å². The summed E-state index contributed by atoms with van der Waals surface area (Å²) < 4.78 is 0. The SMILES string of the molecule is Clc1ccccc1-c1nc(CN2CCN(C3CCCC3)CC2)cs1. The van der Waals surface area contributed by atoms with Crippen LogP contribution in [0.4, 0.5) is 0 Å². The molecule has 0 bridgehead atoms. The highest BCUT2D eigenvalue weighted by atomic mass is 35.5. The number of rotatable bonds is 4. The van der Waals surface area contributed by atoms with Crippen molar-refractivity contribution in [2.24, 2.45) is 0 Å². The van der Waals surface area contributed by atoms with E-state index in [0.717, 1.165) is 41.3 Å². The van der Waals surface area contributed by atoms with E-state index in [-0.39, 0.29) is 0 Å². The average molecular weight is 362 g/mol. The van der Waals surface area contributed by atoms with E-state index < -0.39 is 0 Å². The predicted octanol–water partition coefficient (Wildman–Crippen LogP) is 4.52. The number of benzene rings is 1. The number of thiazole rings is 1. The Hall–Kier alpha value is -0.940. The lowest BCUT2D eigenvalue weighted by Crippen LogP contribution is -2.49. The van der Waals surface area contributed by atoms with Gasteiger partial charge in [-0.15, -0.1) is 11.3 Å². The first-order chi connectivity index (χ1) is 11.8. The molecule has 1 aromatic heterocycles. The Morgan fingerprint density at radius 1 is 1.08 bits per heavy atom. The van der Waals surface area contributed by atoms with Crippen molar-refractivity contribution in [3.05, 3.63) is 40.4 Å². The van der Waals surface area contributed by atoms with Gasteiger partial charge in [0.05, 0.1) is 10.7 Å². The second kappa shape index (κ2) is 7.52. The molecule has 1 aliphatic carbocycles. The van der Waals surface area contributed by atoms with E-state index in [9.17, 15) is 0 Å². The number of aromatic nitrogens is 1. The third kappa shape index (κ3) is 3.67. The van der Waals surface area contributed by atoms with Crippen LogP contribution in [0.25, 0.3) is 10.6 Å². The molecule has 2 aromatic rings. The fourth-order valence-electron chi connectivity index (χ4n) is 3.92. The average Bonchev–Trinajstić information content (AvgIpc) is 3.28. The summed E-state index contributed by atoms with van der Waals surface area (Å²) in [6, 6.07) is 8.82. The molecule has 0 unspecified atom stereocenters. The largest absolute Gasteiger partial charge is 0.298 e. The van der Waals surface area contributed by atoms with Crippen molar-refractivity contribution in [2.45, 2.75) is 38.3 Å². The van der Waals surface area contributed by atoms with E-state index in [2.05, 4.69) is 15.2 Å². The summed E-state index contributed by atoms with van der Waals surface area (Å²) >= 11 is 7.98. The smallest absolute Gasteiger partial charge is 0.125 e. The summed E-state index contributed by atoms with van der Waals surface area (Å²) in [6.45, 7) is 5.71. The number of hydrogen-bond donors (Lipinski definition) is 0. The topological polar surface area (TPSA) is 19.4 Å². The number of piperazine rings is 1. The van der Waals surface area contributed by atoms with E-state index in [1.54, 1.807) is 11.3 Å². The Morgan fingerprint density at radius 3 is 2.58 bits per heavy atom. The van der Waals surface area contributed by atoms with Crippen LogP contribution in [0.1, 0.15) is 31.4 Å². The first kappa shape index (κ1) is 16.5. The van der Waals surface area contributed by atoms with Crippen molar-refractivity contribution in [3.8, 4) is 10.6 Å². The molecular weight excluding hydrogens is 338 g/mol. The molecule has 0 N–H and O–H groups in total. The summed E-state index contributed by atoms with van der Waals surface area (Å²) in [5.74, 6) is 0. The molecule has 0 radical (unpaired) electrons. The van der Waals surface area contributed by atoms with Crippen molar-refractivity contribution < 1.29 is 0 Å². The van der Waals surface area contributed by atoms with Gasteiger partial charge in [-0.3, -0.25) is 9.80 Å². The molecule has 1 saturated carbocycles. The summed E-state index contributed by atoms with van der Waals surface area (Å²) in [4.78, 5) is 10.1. The molecule has 2 aliphatic rings. The van der Waals surface area contributed by atoms with Gasteiger partial charge in [-0.1, -0.05) is 42.6 Å². The lowest BCUT2D eigenvalue weighted by Gasteiger charge is -2.37. The summed E-state index contributed by atoms with van der Waals surface area (Å²) in [6.07, 6.45) is 5.67. The van der Waals surface area contributed by atoms with Crippen LogP contribution in [0.2, 0.25) is 5.02 Å².